The van der Waals surface area contributed by atoms with E-state index in [1.54, 1.807) is 0 Å². The highest BCUT2D eigenvalue weighted by Crippen LogP contribution is 2.36. The summed E-state index contributed by atoms with van der Waals surface area (Å²) >= 11 is 0. The molecule has 3 rings (SSSR count). The van der Waals surface area contributed by atoms with Gasteiger partial charge >= 0.3 is 12.1 Å². The summed E-state index contributed by atoms with van der Waals surface area (Å²) in [4.78, 5) is 18.2. The Balaban J connectivity index is 0.00000154. The summed E-state index contributed by atoms with van der Waals surface area (Å²) < 4.78 is 44.1. The molecule has 1 saturated carbocycles. The summed E-state index contributed by atoms with van der Waals surface area (Å²) in [6.07, 6.45) is 0.119. The minimum atomic E-state index is -4.38. The number of pyridine rings is 1. The van der Waals surface area contributed by atoms with Crippen LogP contribution in [0.25, 0.3) is 0 Å². The van der Waals surface area contributed by atoms with Crippen molar-refractivity contribution in [1.29, 1.82) is 0 Å². The first-order chi connectivity index (χ1) is 16.9. The number of rotatable bonds is 7. The third kappa shape index (κ3) is 7.95. The Kier molecular flexibility index (Phi) is 12.4. The van der Waals surface area contributed by atoms with Crippen LogP contribution in [0.2, 0.25) is 0 Å². The molecule has 1 aliphatic carbocycles. The van der Waals surface area contributed by atoms with Gasteiger partial charge in [0, 0.05) is 43.1 Å². The topological polar surface area (TPSA) is 54.5 Å². The number of alkyl halides is 3. The first-order valence-electron chi connectivity index (χ1n) is 13.2. The highest BCUT2D eigenvalue weighted by Gasteiger charge is 2.37. The molecule has 2 aliphatic rings. The average molecular weight is 514 g/mol. The van der Waals surface area contributed by atoms with E-state index in [1.807, 2.05) is 48.5 Å². The number of aromatic nitrogens is 1. The van der Waals surface area contributed by atoms with E-state index in [0.29, 0.717) is 30.5 Å². The zero-order chi connectivity index (χ0) is 27.7. The van der Waals surface area contributed by atoms with Crippen molar-refractivity contribution in [3.05, 3.63) is 41.4 Å². The number of allylic oxidation sites excluding steroid dienone is 1. The Morgan fingerprint density at radius 1 is 1.25 bits per heavy atom. The number of hydrogen-bond acceptors (Lipinski definition) is 5. The van der Waals surface area contributed by atoms with Gasteiger partial charge in [-0.1, -0.05) is 41.2 Å². The van der Waals surface area contributed by atoms with Crippen LogP contribution in [0.3, 0.4) is 0 Å². The molecule has 1 fully saturated rings. The lowest BCUT2D eigenvalue weighted by Gasteiger charge is -2.34. The van der Waals surface area contributed by atoms with Gasteiger partial charge < -0.3 is 15.0 Å². The maximum Gasteiger partial charge on any atom is 0.417 e. The smallest absolute Gasteiger partial charge is 0.417 e. The molecule has 1 N–H and O–H groups in total. The lowest BCUT2D eigenvalue weighted by atomic mass is 9.80. The second-order valence-corrected chi connectivity index (χ2v) is 9.72. The van der Waals surface area contributed by atoms with E-state index in [2.05, 4.69) is 21.8 Å². The molecule has 0 spiro atoms. The van der Waals surface area contributed by atoms with Crippen molar-refractivity contribution < 1.29 is 22.7 Å². The van der Waals surface area contributed by atoms with Gasteiger partial charge in [-0.2, -0.15) is 13.2 Å². The molecule has 206 valence electrons. The third-order valence-corrected chi connectivity index (χ3v) is 7.33. The van der Waals surface area contributed by atoms with Gasteiger partial charge in [0.2, 0.25) is 0 Å². The second kappa shape index (κ2) is 14.0. The number of methoxy groups -OCH3 is 1. The monoisotopic (exact) mass is 513 g/mol. The molecule has 8 heteroatoms. The minimum Gasteiger partial charge on any atom is -0.469 e. The summed E-state index contributed by atoms with van der Waals surface area (Å²) in [5.74, 6) is 0.209. The van der Waals surface area contributed by atoms with Crippen LogP contribution in [0.1, 0.15) is 84.5 Å². The fourth-order valence-corrected chi connectivity index (χ4v) is 4.62. The predicted octanol–water partition coefficient (Wildman–Crippen LogP) is 6.62. The third-order valence-electron chi connectivity index (χ3n) is 7.33. The Bertz CT molecular complexity index is 855. The predicted molar refractivity (Wildman–Crippen MR) is 139 cm³/mol. The Morgan fingerprint density at radius 2 is 1.89 bits per heavy atom. The van der Waals surface area contributed by atoms with Crippen molar-refractivity contribution in [3.63, 3.8) is 0 Å². The van der Waals surface area contributed by atoms with E-state index < -0.39 is 17.2 Å². The number of esters is 1. The van der Waals surface area contributed by atoms with Gasteiger partial charge in [-0.25, -0.2) is 0 Å². The average Bonchev–Trinajstić information content (AvgIpc) is 3.36. The molecule has 0 saturated heterocycles. The molecule has 1 aliphatic heterocycles. The van der Waals surface area contributed by atoms with Crippen LogP contribution in [0, 0.1) is 17.3 Å². The van der Waals surface area contributed by atoms with Crippen LogP contribution in [-0.2, 0) is 28.7 Å². The SMILES string of the molecule is C=C(C1CCC(NCC(C)C(C)(C)C(=O)OC)C1)N1CCc2ncc(C(F)(F)F)cc2C1.CC.CC. The molecule has 1 aromatic rings. The van der Waals surface area contributed by atoms with E-state index in [9.17, 15) is 18.0 Å². The van der Waals surface area contributed by atoms with Gasteiger partial charge in [-0.3, -0.25) is 9.78 Å². The van der Waals surface area contributed by atoms with Crippen LogP contribution < -0.4 is 5.32 Å². The van der Waals surface area contributed by atoms with Crippen molar-refractivity contribution in [1.82, 2.24) is 15.2 Å². The van der Waals surface area contributed by atoms with E-state index >= 15 is 0 Å². The summed E-state index contributed by atoms with van der Waals surface area (Å²) in [5.41, 5.74) is 1.13. The van der Waals surface area contributed by atoms with Gasteiger partial charge in [-0.05, 0) is 63.1 Å². The summed E-state index contributed by atoms with van der Waals surface area (Å²) in [6, 6.07) is 1.56. The normalized spacial score (nSPS) is 20.2. The Labute approximate surface area is 215 Å². The van der Waals surface area contributed by atoms with E-state index in [1.165, 1.54) is 13.2 Å². The highest BCUT2D eigenvalue weighted by atomic mass is 19.4. The molecular weight excluding hydrogens is 467 g/mol. The Morgan fingerprint density at radius 3 is 2.47 bits per heavy atom. The molecular formula is C28H46F3N3O2. The number of halogens is 3. The maximum atomic E-state index is 13.1. The van der Waals surface area contributed by atoms with Crippen molar-refractivity contribution in [2.45, 2.75) is 92.9 Å². The summed E-state index contributed by atoms with van der Waals surface area (Å²) in [5, 5.41) is 3.59. The highest BCUT2D eigenvalue weighted by molar-refractivity contribution is 5.76. The zero-order valence-electron chi connectivity index (χ0n) is 23.4. The second-order valence-electron chi connectivity index (χ2n) is 9.72. The number of ether oxygens (including phenoxy) is 1. The van der Waals surface area contributed by atoms with Crippen LogP contribution in [0.5, 0.6) is 0 Å². The molecule has 5 nitrogen and oxygen atoms in total. The van der Waals surface area contributed by atoms with Crippen LogP contribution in [0.15, 0.2) is 24.5 Å². The molecule has 3 unspecified atom stereocenters. The molecule has 3 atom stereocenters. The van der Waals surface area contributed by atoms with E-state index in [4.69, 9.17) is 4.74 Å². The van der Waals surface area contributed by atoms with E-state index in [0.717, 1.165) is 49.9 Å². The molecule has 2 heterocycles. The molecule has 0 bridgehead atoms. The largest absolute Gasteiger partial charge is 0.469 e. The van der Waals surface area contributed by atoms with E-state index in [-0.39, 0.29) is 11.9 Å². The summed E-state index contributed by atoms with van der Waals surface area (Å²) in [6.45, 7) is 20.0. The maximum absolute atomic E-state index is 13.1. The van der Waals surface area contributed by atoms with Crippen LogP contribution >= 0.6 is 0 Å². The molecule has 36 heavy (non-hydrogen) atoms. The van der Waals surface area contributed by atoms with Crippen molar-refractivity contribution in [2.75, 3.05) is 20.2 Å². The van der Waals surface area contributed by atoms with Crippen molar-refractivity contribution in [2.24, 2.45) is 17.3 Å². The lowest BCUT2D eigenvalue weighted by Crippen LogP contribution is -2.41. The van der Waals surface area contributed by atoms with Crippen LogP contribution in [0.4, 0.5) is 13.2 Å². The first kappa shape index (κ1) is 31.9. The van der Waals surface area contributed by atoms with Crippen molar-refractivity contribution in [3.8, 4) is 0 Å². The van der Waals surface area contributed by atoms with Gasteiger partial charge in [0.15, 0.2) is 0 Å². The van der Waals surface area contributed by atoms with Crippen molar-refractivity contribution >= 4 is 5.97 Å². The summed E-state index contributed by atoms with van der Waals surface area (Å²) in [7, 11) is 1.41. The van der Waals surface area contributed by atoms with Gasteiger partial charge in [0.1, 0.15) is 0 Å². The van der Waals surface area contributed by atoms with Gasteiger partial charge in [0.05, 0.1) is 18.1 Å². The minimum absolute atomic E-state index is 0.117. The number of carbonyl (C=O) groups excluding carboxylic acids is 1. The number of carbonyl (C=O) groups is 1. The zero-order valence-corrected chi connectivity index (χ0v) is 23.4. The van der Waals surface area contributed by atoms with Gasteiger partial charge in [0.25, 0.3) is 0 Å². The van der Waals surface area contributed by atoms with Crippen LogP contribution in [-0.4, -0.2) is 42.1 Å². The quantitative estimate of drug-likeness (QED) is 0.416. The standard InChI is InChI=1S/C24H34F3N3O2.2C2H6/c1-15(23(3,4)22(31)32-5)12-28-20-7-6-17(11-20)16(2)30-9-8-21-18(14-30)10-19(13-29-21)24(25,26)27;2*1-2/h10,13,15,17,20,28H,2,6-9,11-12,14H2,1,3-5H3;2*1-2H3. The van der Waals surface area contributed by atoms with Gasteiger partial charge in [-0.15, -0.1) is 0 Å². The molecule has 0 aromatic carbocycles. The number of nitrogens with zero attached hydrogens (tertiary/aromatic N) is 2. The number of hydrogen-bond donors (Lipinski definition) is 1. The fourth-order valence-electron chi connectivity index (χ4n) is 4.62. The first-order valence-corrected chi connectivity index (χ1v) is 13.2. The molecule has 0 radical (unpaired) electrons. The molecule has 0 amide bonds. The number of fused-ring (bicyclic) bond motifs is 1. The Hall–Kier alpha value is -2.09. The molecule has 1 aromatic heterocycles. The fraction of sp³-hybridized carbons (Fsp3) is 0.714. The number of nitrogens with one attached hydrogen (secondary N) is 1. The lowest BCUT2D eigenvalue weighted by molar-refractivity contribution is -0.153.